The average Bonchev–Trinajstić information content (AvgIpc) is 2.41. The zero-order valence-electron chi connectivity index (χ0n) is 9.58. The second-order valence-corrected chi connectivity index (χ2v) is 3.87. The van der Waals surface area contributed by atoms with E-state index >= 15 is 0 Å². The average molecular weight is 262 g/mol. The fourth-order valence-electron chi connectivity index (χ4n) is 1.77. The molecule has 0 unspecified atom stereocenters. The summed E-state index contributed by atoms with van der Waals surface area (Å²) in [6.07, 6.45) is 3.07. The number of fused-ring (bicyclic) bond motifs is 1. The van der Waals surface area contributed by atoms with Gasteiger partial charge < -0.3 is 9.94 Å². The van der Waals surface area contributed by atoms with Gasteiger partial charge in [0.15, 0.2) is 0 Å². The molecular formula is C14H12ClNO2. The van der Waals surface area contributed by atoms with Crippen LogP contribution < -0.4 is 4.74 Å². The normalized spacial score (nSPS) is 11.6. The van der Waals surface area contributed by atoms with Gasteiger partial charge in [-0.05, 0) is 22.9 Å². The minimum absolute atomic E-state index is 0.369. The Hall–Kier alpha value is -2.00. The fraction of sp³-hybridized carbons (Fsp3) is 0.0714. The monoisotopic (exact) mass is 261 g/mol. The third-order valence-electron chi connectivity index (χ3n) is 2.54. The van der Waals surface area contributed by atoms with E-state index in [9.17, 15) is 0 Å². The predicted molar refractivity (Wildman–Crippen MR) is 73.8 cm³/mol. The van der Waals surface area contributed by atoms with Crippen LogP contribution in [0.2, 0.25) is 0 Å². The van der Waals surface area contributed by atoms with Crippen molar-refractivity contribution in [2.24, 2.45) is 5.16 Å². The molecule has 3 nitrogen and oxygen atoms in total. The van der Waals surface area contributed by atoms with Crippen LogP contribution in [0.15, 0.2) is 53.2 Å². The van der Waals surface area contributed by atoms with Crippen LogP contribution in [0.4, 0.5) is 0 Å². The Kier molecular flexibility index (Phi) is 4.20. The van der Waals surface area contributed by atoms with E-state index in [0.29, 0.717) is 12.4 Å². The highest BCUT2D eigenvalue weighted by molar-refractivity contribution is 6.25. The first kappa shape index (κ1) is 12.5. The maximum absolute atomic E-state index is 8.75. The molecular weight excluding hydrogens is 250 g/mol. The Bertz CT molecular complexity index is 593. The summed E-state index contributed by atoms with van der Waals surface area (Å²) in [5, 5.41) is 13.9. The summed E-state index contributed by atoms with van der Waals surface area (Å²) in [5.41, 5.74) is 2.15. The van der Waals surface area contributed by atoms with Gasteiger partial charge in [-0.15, -0.1) is 0 Å². The number of ether oxygens (including phenoxy) is 1. The van der Waals surface area contributed by atoms with Crippen LogP contribution in [0.25, 0.3) is 10.8 Å². The van der Waals surface area contributed by atoms with Gasteiger partial charge in [-0.25, -0.2) is 0 Å². The van der Waals surface area contributed by atoms with Crippen LogP contribution in [0, 0.1) is 0 Å². The minimum atomic E-state index is 0.369. The van der Waals surface area contributed by atoms with Gasteiger partial charge in [0.25, 0.3) is 0 Å². The van der Waals surface area contributed by atoms with Gasteiger partial charge in [0.2, 0.25) is 0 Å². The van der Waals surface area contributed by atoms with Crippen LogP contribution in [-0.2, 0) is 0 Å². The lowest BCUT2D eigenvalue weighted by Crippen LogP contribution is -1.98. The van der Waals surface area contributed by atoms with E-state index < -0.39 is 0 Å². The highest BCUT2D eigenvalue weighted by Crippen LogP contribution is 2.26. The molecule has 0 fully saturated rings. The number of nitrogens with zero attached hydrogens (tertiary/aromatic N) is 1. The second kappa shape index (κ2) is 6.07. The highest BCUT2D eigenvalue weighted by atomic mass is 35.5. The first-order chi connectivity index (χ1) is 8.86. The molecule has 2 rings (SSSR count). The molecule has 0 atom stereocenters. The lowest BCUT2D eigenvalue weighted by atomic mass is 10.0. The van der Waals surface area contributed by atoms with Crippen molar-refractivity contribution in [1.29, 1.82) is 0 Å². The number of hydrogen-bond acceptors (Lipinski definition) is 3. The second-order valence-electron chi connectivity index (χ2n) is 3.62. The summed E-state index contributed by atoms with van der Waals surface area (Å²) in [6.45, 7) is 0.369. The van der Waals surface area contributed by atoms with Crippen molar-refractivity contribution in [3.63, 3.8) is 0 Å². The summed E-state index contributed by atoms with van der Waals surface area (Å²) in [7, 11) is 0. The van der Waals surface area contributed by atoms with E-state index in [4.69, 9.17) is 21.5 Å². The summed E-state index contributed by atoms with van der Waals surface area (Å²) in [5.74, 6) is 0.654. The van der Waals surface area contributed by atoms with Crippen molar-refractivity contribution in [3.8, 4) is 5.75 Å². The van der Waals surface area contributed by atoms with Crippen molar-refractivity contribution in [2.75, 3.05) is 6.61 Å². The third-order valence-corrected chi connectivity index (χ3v) is 2.72. The van der Waals surface area contributed by atoms with Gasteiger partial charge >= 0.3 is 0 Å². The molecule has 0 aromatic heterocycles. The largest absolute Gasteiger partial charge is 0.489 e. The maximum atomic E-state index is 8.75. The maximum Gasteiger partial charge on any atom is 0.129 e. The first-order valence-corrected chi connectivity index (χ1v) is 5.87. The number of hydrogen-bond donors (Lipinski definition) is 1. The minimum Gasteiger partial charge on any atom is -0.489 e. The van der Waals surface area contributed by atoms with Crippen LogP contribution in [0.3, 0.4) is 0 Å². The molecule has 4 heteroatoms. The van der Waals surface area contributed by atoms with Gasteiger partial charge in [-0.2, -0.15) is 0 Å². The van der Waals surface area contributed by atoms with Crippen LogP contribution in [0.1, 0.15) is 5.56 Å². The van der Waals surface area contributed by atoms with E-state index in [-0.39, 0.29) is 0 Å². The zero-order valence-corrected chi connectivity index (χ0v) is 10.3. The molecule has 0 bridgehead atoms. The summed E-state index contributed by atoms with van der Waals surface area (Å²) in [6, 6.07) is 11.6. The van der Waals surface area contributed by atoms with E-state index in [0.717, 1.165) is 16.3 Å². The molecule has 0 radical (unpaired) electrons. The van der Waals surface area contributed by atoms with Gasteiger partial charge in [0.05, 0.1) is 6.21 Å². The number of halogens is 1. The number of oxime groups is 1. The van der Waals surface area contributed by atoms with E-state index in [2.05, 4.69) is 5.16 Å². The summed E-state index contributed by atoms with van der Waals surface area (Å²) in [4.78, 5) is 0. The molecule has 0 spiro atoms. The molecule has 1 N–H and O–H groups in total. The topological polar surface area (TPSA) is 41.8 Å². The van der Waals surface area contributed by atoms with Crippen molar-refractivity contribution >= 4 is 28.6 Å². The van der Waals surface area contributed by atoms with Crippen LogP contribution >= 0.6 is 11.6 Å². The van der Waals surface area contributed by atoms with Crippen LogP contribution in [-0.4, -0.2) is 18.0 Å². The van der Waals surface area contributed by atoms with E-state index in [1.54, 1.807) is 6.08 Å². The molecule has 92 valence electrons. The molecule has 18 heavy (non-hydrogen) atoms. The van der Waals surface area contributed by atoms with E-state index in [1.807, 2.05) is 36.4 Å². The molecule has 2 aromatic rings. The quantitative estimate of drug-likeness (QED) is 0.517. The molecule has 2 aromatic carbocycles. The highest BCUT2D eigenvalue weighted by Gasteiger charge is 2.06. The van der Waals surface area contributed by atoms with Crippen molar-refractivity contribution in [1.82, 2.24) is 0 Å². The Morgan fingerprint density at radius 2 is 2.06 bits per heavy atom. The van der Waals surface area contributed by atoms with E-state index in [1.165, 1.54) is 11.7 Å². The smallest absolute Gasteiger partial charge is 0.129 e. The summed E-state index contributed by atoms with van der Waals surface area (Å²) < 4.78 is 5.56. The SMILES string of the molecule is O/N=C\c1c(OC/C=C/Cl)ccc2ccccc12. The predicted octanol–water partition coefficient (Wildman–Crippen LogP) is 3.78. The Balaban J connectivity index is 2.48. The van der Waals surface area contributed by atoms with Gasteiger partial charge in [0, 0.05) is 11.1 Å². The molecule has 0 aliphatic carbocycles. The van der Waals surface area contributed by atoms with Crippen molar-refractivity contribution in [3.05, 3.63) is 53.6 Å². The summed E-state index contributed by atoms with van der Waals surface area (Å²) >= 11 is 5.44. The number of benzene rings is 2. The number of rotatable bonds is 4. The molecule has 0 amide bonds. The van der Waals surface area contributed by atoms with Gasteiger partial charge in [-0.1, -0.05) is 47.1 Å². The van der Waals surface area contributed by atoms with Gasteiger partial charge in [-0.3, -0.25) is 0 Å². The Morgan fingerprint density at radius 3 is 2.83 bits per heavy atom. The van der Waals surface area contributed by atoms with Crippen molar-refractivity contribution < 1.29 is 9.94 Å². The van der Waals surface area contributed by atoms with Crippen molar-refractivity contribution in [2.45, 2.75) is 0 Å². The lowest BCUT2D eigenvalue weighted by Gasteiger charge is -2.09. The molecule has 0 saturated carbocycles. The molecule has 0 heterocycles. The molecule has 0 aliphatic heterocycles. The molecule has 0 saturated heterocycles. The first-order valence-electron chi connectivity index (χ1n) is 5.44. The Morgan fingerprint density at radius 1 is 1.22 bits per heavy atom. The lowest BCUT2D eigenvalue weighted by molar-refractivity contribution is 0.321. The third kappa shape index (κ3) is 2.63. The zero-order chi connectivity index (χ0) is 12.8. The van der Waals surface area contributed by atoms with Crippen LogP contribution in [0.5, 0.6) is 5.75 Å². The molecule has 0 aliphatic rings. The Labute approximate surface area is 110 Å². The standard InChI is InChI=1S/C14H12ClNO2/c15-8-3-9-18-14-7-6-11-4-1-2-5-12(11)13(14)10-16-17/h1-8,10,17H,9H2/b8-3+,16-10-. The van der Waals surface area contributed by atoms with Gasteiger partial charge in [0.1, 0.15) is 12.4 Å². The fourth-order valence-corrected chi connectivity index (χ4v) is 1.84.